The van der Waals surface area contributed by atoms with Crippen LogP contribution in [0.2, 0.25) is 0 Å². The summed E-state index contributed by atoms with van der Waals surface area (Å²) in [4.78, 5) is 10.0. The highest BCUT2D eigenvalue weighted by Crippen LogP contribution is 2.38. The van der Waals surface area contributed by atoms with Crippen molar-refractivity contribution >= 4 is 54.8 Å². The van der Waals surface area contributed by atoms with Gasteiger partial charge >= 0.3 is 0 Å². The normalized spacial score (nSPS) is 12.1. The maximum Gasteiger partial charge on any atom is 0.235 e. The molecule has 0 aliphatic heterocycles. The van der Waals surface area contributed by atoms with E-state index < -0.39 is 0 Å². The number of fused-ring (bicyclic) bond motifs is 6. The van der Waals surface area contributed by atoms with Crippen LogP contribution in [0.3, 0.4) is 0 Å². The van der Waals surface area contributed by atoms with Crippen LogP contribution in [-0.4, -0.2) is 19.1 Å². The lowest BCUT2D eigenvalue weighted by Gasteiger charge is -2.10. The zero-order valence-corrected chi connectivity index (χ0v) is 31.5. The molecule has 10 rings (SSSR count). The number of nitrogens with zero attached hydrogens (tertiary/aromatic N) is 4. The van der Waals surface area contributed by atoms with Crippen molar-refractivity contribution in [1.82, 2.24) is 19.1 Å². The van der Waals surface area contributed by atoms with Crippen molar-refractivity contribution < 1.29 is 0 Å². The van der Waals surface area contributed by atoms with Gasteiger partial charge < -0.3 is 4.57 Å². The van der Waals surface area contributed by atoms with Gasteiger partial charge in [0.15, 0.2) is 0 Å². The summed E-state index contributed by atoms with van der Waals surface area (Å²) < 4.78 is 4.54. The van der Waals surface area contributed by atoms with E-state index in [1.807, 2.05) is 18.3 Å². The second-order valence-electron chi connectivity index (χ2n) is 14.3. The van der Waals surface area contributed by atoms with Gasteiger partial charge in [-0.3, -0.25) is 4.57 Å². The Bertz CT molecular complexity index is 3200. The van der Waals surface area contributed by atoms with Crippen LogP contribution < -0.4 is 0 Å². The van der Waals surface area contributed by atoms with Gasteiger partial charge in [0.05, 0.1) is 27.8 Å². The van der Waals surface area contributed by atoms with E-state index in [2.05, 4.69) is 205 Å². The van der Waals surface area contributed by atoms with Crippen LogP contribution in [0.25, 0.3) is 88.8 Å². The third-order valence-electron chi connectivity index (χ3n) is 10.9. The van der Waals surface area contributed by atoms with Crippen molar-refractivity contribution in [2.24, 2.45) is 0 Å². The van der Waals surface area contributed by atoms with E-state index in [1.54, 1.807) is 0 Å². The quantitative estimate of drug-likeness (QED) is 0.146. The number of hydrogen-bond acceptors (Lipinski definition) is 2. The van der Waals surface area contributed by atoms with Crippen LogP contribution in [0.4, 0.5) is 0 Å². The zero-order chi connectivity index (χ0) is 38.3. The van der Waals surface area contributed by atoms with E-state index in [4.69, 9.17) is 9.97 Å². The Balaban J connectivity index is 1.02. The molecule has 10 aromatic rings. The molecule has 57 heavy (non-hydrogen) atoms. The number of hydrogen-bond donors (Lipinski definition) is 0. The second kappa shape index (κ2) is 14.3. The summed E-state index contributed by atoms with van der Waals surface area (Å²) in [6.45, 7) is 6.47. The Morgan fingerprint density at radius 1 is 0.491 bits per heavy atom. The van der Waals surface area contributed by atoms with Crippen molar-refractivity contribution in [3.05, 3.63) is 218 Å². The van der Waals surface area contributed by atoms with Gasteiger partial charge in [0.1, 0.15) is 0 Å². The molecule has 0 saturated heterocycles. The first-order chi connectivity index (χ1) is 28.1. The minimum absolute atomic E-state index is 0.631. The van der Waals surface area contributed by atoms with Gasteiger partial charge in [-0.2, -0.15) is 0 Å². The second-order valence-corrected chi connectivity index (χ2v) is 14.3. The monoisotopic (exact) mass is 730 g/mol. The summed E-state index contributed by atoms with van der Waals surface area (Å²) in [5.74, 6) is 0.631. The Hall–Kier alpha value is -7.56. The topological polar surface area (TPSA) is 35.6 Å². The lowest BCUT2D eigenvalue weighted by Crippen LogP contribution is -2.01. The molecule has 0 aliphatic rings. The maximum absolute atomic E-state index is 5.18. The third-order valence-corrected chi connectivity index (χ3v) is 10.9. The summed E-state index contributed by atoms with van der Waals surface area (Å²) in [6, 6.07) is 62.2. The van der Waals surface area contributed by atoms with Gasteiger partial charge in [-0.15, -0.1) is 0 Å². The minimum atomic E-state index is 0.631. The molecule has 4 heteroatoms. The number of para-hydroxylation sites is 3. The highest BCUT2D eigenvalue weighted by atomic mass is 15.2. The highest BCUT2D eigenvalue weighted by Gasteiger charge is 2.17. The van der Waals surface area contributed by atoms with Crippen LogP contribution in [0.5, 0.6) is 0 Å². The third kappa shape index (κ3) is 6.05. The van der Waals surface area contributed by atoms with Crippen LogP contribution in [0, 0.1) is 0 Å². The molecule has 3 heterocycles. The summed E-state index contributed by atoms with van der Waals surface area (Å²) in [5.41, 5.74) is 14.2. The van der Waals surface area contributed by atoms with E-state index in [9.17, 15) is 0 Å². The largest absolute Gasteiger partial charge is 0.309 e. The van der Waals surface area contributed by atoms with Gasteiger partial charge in [-0.1, -0.05) is 140 Å². The fourth-order valence-corrected chi connectivity index (χ4v) is 8.15. The number of aromatic nitrogens is 4. The fraction of sp³-hybridized carbons (Fsp3) is 0.0189. The molecule has 0 spiro atoms. The van der Waals surface area contributed by atoms with E-state index >= 15 is 0 Å². The predicted molar refractivity (Wildman–Crippen MR) is 240 cm³/mol. The van der Waals surface area contributed by atoms with Crippen molar-refractivity contribution in [2.75, 3.05) is 0 Å². The van der Waals surface area contributed by atoms with Gasteiger partial charge in [0, 0.05) is 39.0 Å². The average molecular weight is 731 g/mol. The molecule has 270 valence electrons. The number of allylic oxidation sites excluding steroid dienone is 5. The van der Waals surface area contributed by atoms with Crippen molar-refractivity contribution in [2.45, 2.75) is 6.92 Å². The Kier molecular flexibility index (Phi) is 8.50. The van der Waals surface area contributed by atoms with Gasteiger partial charge in [0.2, 0.25) is 5.95 Å². The highest BCUT2D eigenvalue weighted by molar-refractivity contribution is 6.12. The van der Waals surface area contributed by atoms with E-state index in [1.165, 1.54) is 32.9 Å². The van der Waals surface area contributed by atoms with Crippen LogP contribution >= 0.6 is 0 Å². The molecule has 0 unspecified atom stereocenters. The van der Waals surface area contributed by atoms with E-state index in [0.717, 1.165) is 61.0 Å². The van der Waals surface area contributed by atoms with Crippen LogP contribution in [0.1, 0.15) is 18.1 Å². The molecule has 4 nitrogen and oxygen atoms in total. The van der Waals surface area contributed by atoms with Crippen LogP contribution in [-0.2, 0) is 0 Å². The molecule has 0 aliphatic carbocycles. The molecule has 0 fully saturated rings. The zero-order valence-electron chi connectivity index (χ0n) is 31.5. The molecule has 0 N–H and O–H groups in total. The molecule has 0 bridgehead atoms. The SMILES string of the molecule is C=C(/C=C\C(=C/C)c1ccccc1)c1cccc(-c2ccnc(-n3c4ccccc4c4cc(-c5ccc6c(c5)c5ccccc5n6-c5ccccc5)ccc43)n2)c1. The Morgan fingerprint density at radius 2 is 1.07 bits per heavy atom. The smallest absolute Gasteiger partial charge is 0.235 e. The molecule has 3 aromatic heterocycles. The molecular formula is C53H38N4. The Labute approximate surface area is 331 Å². The summed E-state index contributed by atoms with van der Waals surface area (Å²) in [5, 5.41) is 4.79. The molecule has 0 amide bonds. The van der Waals surface area contributed by atoms with Gasteiger partial charge in [-0.25, -0.2) is 9.97 Å². The van der Waals surface area contributed by atoms with Gasteiger partial charge in [0.25, 0.3) is 0 Å². The lowest BCUT2D eigenvalue weighted by atomic mass is 10.00. The van der Waals surface area contributed by atoms with Crippen LogP contribution in [0.15, 0.2) is 207 Å². The fourth-order valence-electron chi connectivity index (χ4n) is 8.15. The van der Waals surface area contributed by atoms with E-state index in [-0.39, 0.29) is 0 Å². The molecule has 0 saturated carbocycles. The predicted octanol–water partition coefficient (Wildman–Crippen LogP) is 13.7. The van der Waals surface area contributed by atoms with Crippen molar-refractivity contribution in [3.8, 4) is 34.0 Å². The molecule has 0 atom stereocenters. The van der Waals surface area contributed by atoms with E-state index in [0.29, 0.717) is 5.95 Å². The standard InChI is InChI=1S/C53H38N4/c1-3-37(38-15-6-4-7-16-38)26-25-36(2)39-17-14-18-42(33-39)48-31-32-54-53(55-48)57-50-24-13-11-22-45(50)47-35-41(28-30-52(47)57)40-27-29-51-46(34-40)44-21-10-12-23-49(44)56(51)43-19-8-5-9-20-43/h3-35H,2H2,1H3/b26-25-,37-3+. The summed E-state index contributed by atoms with van der Waals surface area (Å²) in [6.07, 6.45) is 8.19. The van der Waals surface area contributed by atoms with Crippen molar-refractivity contribution in [3.63, 3.8) is 0 Å². The first-order valence-electron chi connectivity index (χ1n) is 19.3. The average Bonchev–Trinajstić information content (AvgIpc) is 3.79. The number of rotatable bonds is 8. The Morgan fingerprint density at radius 3 is 1.75 bits per heavy atom. The lowest BCUT2D eigenvalue weighted by molar-refractivity contribution is 0.992. The number of benzene rings is 7. The minimum Gasteiger partial charge on any atom is -0.309 e. The summed E-state index contributed by atoms with van der Waals surface area (Å²) in [7, 11) is 0. The summed E-state index contributed by atoms with van der Waals surface area (Å²) >= 11 is 0. The van der Waals surface area contributed by atoms with Crippen molar-refractivity contribution in [1.29, 1.82) is 0 Å². The first-order valence-corrected chi connectivity index (χ1v) is 19.3. The molecular weight excluding hydrogens is 693 g/mol. The van der Waals surface area contributed by atoms with Gasteiger partial charge in [-0.05, 0) is 101 Å². The maximum atomic E-state index is 5.18. The molecule has 0 radical (unpaired) electrons. The molecule has 7 aromatic carbocycles. The first kappa shape index (κ1) is 34.0.